The highest BCUT2D eigenvalue weighted by Gasteiger charge is 2.30. The highest BCUT2D eigenvalue weighted by Crippen LogP contribution is 2.40. The fourth-order valence-corrected chi connectivity index (χ4v) is 4.05. The molecule has 0 saturated heterocycles. The van der Waals surface area contributed by atoms with Crippen LogP contribution in [0.1, 0.15) is 50.8 Å². The van der Waals surface area contributed by atoms with E-state index in [0.29, 0.717) is 0 Å². The summed E-state index contributed by atoms with van der Waals surface area (Å²) in [6.45, 7) is 12.3. The van der Waals surface area contributed by atoms with Crippen LogP contribution in [0.15, 0.2) is 47.5 Å². The fourth-order valence-electron chi connectivity index (χ4n) is 3.69. The third-order valence-corrected chi connectivity index (χ3v) is 5.71. The number of halogens is 1. The molecule has 26 heavy (non-hydrogen) atoms. The molecule has 0 N–H and O–H groups in total. The minimum absolute atomic E-state index is 0.0519. The van der Waals surface area contributed by atoms with Crippen LogP contribution in [0.5, 0.6) is 0 Å². The van der Waals surface area contributed by atoms with E-state index in [4.69, 9.17) is 0 Å². The molecular formula is C23H27IN2. The van der Waals surface area contributed by atoms with Gasteiger partial charge in [-0.3, -0.25) is 4.99 Å². The van der Waals surface area contributed by atoms with E-state index in [0.717, 1.165) is 18.7 Å². The molecule has 3 heteroatoms. The molecule has 2 aromatic rings. The second-order valence-corrected chi connectivity index (χ2v) is 8.84. The van der Waals surface area contributed by atoms with E-state index in [2.05, 4.69) is 110 Å². The van der Waals surface area contributed by atoms with Gasteiger partial charge in [0.2, 0.25) is 0 Å². The van der Waals surface area contributed by atoms with Crippen molar-refractivity contribution in [1.29, 1.82) is 0 Å². The van der Waals surface area contributed by atoms with Gasteiger partial charge >= 0.3 is 0 Å². The third kappa shape index (κ3) is 3.88. The van der Waals surface area contributed by atoms with Crippen molar-refractivity contribution in [3.05, 3.63) is 62.7 Å². The van der Waals surface area contributed by atoms with Gasteiger partial charge in [-0.25, -0.2) is 0 Å². The minimum atomic E-state index is 0.0519. The normalized spacial score (nSPS) is 15.9. The SMILES string of the molecule is CCCN1c2cc(C)c(C=Nc3ccc(I)cc3)cc2C(C)=CC1(C)C. The Morgan fingerprint density at radius 3 is 2.46 bits per heavy atom. The van der Waals surface area contributed by atoms with E-state index in [-0.39, 0.29) is 5.54 Å². The van der Waals surface area contributed by atoms with Crippen LogP contribution in [0, 0.1) is 10.5 Å². The molecule has 1 aliphatic rings. The topological polar surface area (TPSA) is 15.6 Å². The van der Waals surface area contributed by atoms with E-state index in [1.807, 2.05) is 6.21 Å². The van der Waals surface area contributed by atoms with Gasteiger partial charge in [0.15, 0.2) is 0 Å². The largest absolute Gasteiger partial charge is 0.362 e. The van der Waals surface area contributed by atoms with Crippen molar-refractivity contribution in [1.82, 2.24) is 0 Å². The summed E-state index contributed by atoms with van der Waals surface area (Å²) in [5.74, 6) is 0. The summed E-state index contributed by atoms with van der Waals surface area (Å²) >= 11 is 2.32. The first-order valence-corrected chi connectivity index (χ1v) is 10.3. The van der Waals surface area contributed by atoms with Crippen LogP contribution in [0.25, 0.3) is 5.57 Å². The number of hydrogen-bond donors (Lipinski definition) is 0. The molecular weight excluding hydrogens is 431 g/mol. The van der Waals surface area contributed by atoms with Gasteiger partial charge in [0.25, 0.3) is 0 Å². The van der Waals surface area contributed by atoms with Crippen LogP contribution in [-0.4, -0.2) is 18.3 Å². The number of nitrogens with zero attached hydrogens (tertiary/aromatic N) is 2. The second-order valence-electron chi connectivity index (χ2n) is 7.59. The van der Waals surface area contributed by atoms with E-state index in [9.17, 15) is 0 Å². The van der Waals surface area contributed by atoms with Crippen molar-refractivity contribution in [3.8, 4) is 0 Å². The lowest BCUT2D eigenvalue weighted by atomic mass is 9.87. The molecule has 0 atom stereocenters. The quantitative estimate of drug-likeness (QED) is 0.365. The molecule has 1 heterocycles. The maximum atomic E-state index is 4.67. The van der Waals surface area contributed by atoms with Gasteiger partial charge in [0.05, 0.1) is 11.2 Å². The number of anilines is 1. The first kappa shape index (κ1) is 19.2. The fraction of sp³-hybridized carbons (Fsp3) is 0.348. The summed E-state index contributed by atoms with van der Waals surface area (Å²) in [4.78, 5) is 7.21. The number of allylic oxidation sites excluding steroid dienone is 1. The zero-order chi connectivity index (χ0) is 18.9. The van der Waals surface area contributed by atoms with E-state index in [1.54, 1.807) is 0 Å². The van der Waals surface area contributed by atoms with Crippen LogP contribution >= 0.6 is 22.6 Å². The summed E-state index contributed by atoms with van der Waals surface area (Å²) in [6.07, 6.45) is 5.53. The monoisotopic (exact) mass is 458 g/mol. The van der Waals surface area contributed by atoms with Crippen molar-refractivity contribution in [2.24, 2.45) is 4.99 Å². The smallest absolute Gasteiger partial charge is 0.0630 e. The standard InChI is InChI=1S/C23H27IN2/c1-6-11-26-22-12-16(2)18(13-21(22)17(3)14-23(26,4)5)15-25-20-9-7-19(24)8-10-20/h7-10,12-15H,6,11H2,1-5H3. The molecule has 0 bridgehead atoms. The van der Waals surface area contributed by atoms with Crippen molar-refractivity contribution in [3.63, 3.8) is 0 Å². The summed E-state index contributed by atoms with van der Waals surface area (Å²) < 4.78 is 1.23. The molecule has 0 fully saturated rings. The summed E-state index contributed by atoms with van der Waals surface area (Å²) in [6, 6.07) is 12.9. The molecule has 0 saturated carbocycles. The lowest BCUT2D eigenvalue weighted by Crippen LogP contribution is -2.45. The predicted octanol–water partition coefficient (Wildman–Crippen LogP) is 6.76. The van der Waals surface area contributed by atoms with Crippen LogP contribution in [0.2, 0.25) is 0 Å². The Hall–Kier alpha value is -1.62. The zero-order valence-corrected chi connectivity index (χ0v) is 18.5. The lowest BCUT2D eigenvalue weighted by molar-refractivity contribution is 0.550. The summed E-state index contributed by atoms with van der Waals surface area (Å²) in [7, 11) is 0. The Bertz CT molecular complexity index is 861. The first-order chi connectivity index (χ1) is 12.3. The van der Waals surface area contributed by atoms with Crippen LogP contribution in [0.3, 0.4) is 0 Å². The van der Waals surface area contributed by atoms with E-state index in [1.165, 1.54) is 31.5 Å². The Labute approximate surface area is 171 Å². The summed E-state index contributed by atoms with van der Waals surface area (Å²) in [5, 5.41) is 0. The Morgan fingerprint density at radius 1 is 1.12 bits per heavy atom. The van der Waals surface area contributed by atoms with Gasteiger partial charge in [-0.1, -0.05) is 13.0 Å². The third-order valence-electron chi connectivity index (χ3n) is 4.99. The molecule has 0 radical (unpaired) electrons. The van der Waals surface area contributed by atoms with Gasteiger partial charge in [-0.15, -0.1) is 0 Å². The summed E-state index contributed by atoms with van der Waals surface area (Å²) in [5.41, 5.74) is 7.52. The molecule has 0 unspecified atom stereocenters. The minimum Gasteiger partial charge on any atom is -0.362 e. The van der Waals surface area contributed by atoms with Crippen LogP contribution in [0.4, 0.5) is 11.4 Å². The maximum absolute atomic E-state index is 4.67. The van der Waals surface area contributed by atoms with Crippen molar-refractivity contribution in [2.75, 3.05) is 11.4 Å². The molecule has 3 rings (SSSR count). The average molecular weight is 458 g/mol. The average Bonchev–Trinajstić information content (AvgIpc) is 2.58. The first-order valence-electron chi connectivity index (χ1n) is 9.23. The van der Waals surface area contributed by atoms with Gasteiger partial charge in [0, 0.05) is 27.6 Å². The molecule has 136 valence electrons. The maximum Gasteiger partial charge on any atom is 0.0630 e. The molecule has 2 nitrogen and oxygen atoms in total. The van der Waals surface area contributed by atoms with Gasteiger partial charge in [0.1, 0.15) is 0 Å². The highest BCUT2D eigenvalue weighted by molar-refractivity contribution is 14.1. The number of aliphatic imine (C=N–C) groups is 1. The van der Waals surface area contributed by atoms with Gasteiger partial charge in [-0.2, -0.15) is 0 Å². The lowest BCUT2D eigenvalue weighted by Gasteiger charge is -2.43. The number of benzene rings is 2. The van der Waals surface area contributed by atoms with Crippen molar-refractivity contribution >= 4 is 45.8 Å². The van der Waals surface area contributed by atoms with E-state index < -0.39 is 0 Å². The van der Waals surface area contributed by atoms with Gasteiger partial charge < -0.3 is 4.90 Å². The van der Waals surface area contributed by atoms with Crippen molar-refractivity contribution in [2.45, 2.75) is 46.6 Å². The number of rotatable bonds is 4. The Kier molecular flexibility index (Phi) is 5.56. The molecule has 0 aromatic heterocycles. The molecule has 2 aromatic carbocycles. The number of aryl methyl sites for hydroxylation is 1. The van der Waals surface area contributed by atoms with Crippen molar-refractivity contribution < 1.29 is 0 Å². The van der Waals surface area contributed by atoms with E-state index >= 15 is 0 Å². The predicted molar refractivity (Wildman–Crippen MR) is 123 cm³/mol. The second kappa shape index (κ2) is 7.55. The number of fused-ring (bicyclic) bond motifs is 1. The number of hydrogen-bond acceptors (Lipinski definition) is 2. The Morgan fingerprint density at radius 2 is 1.81 bits per heavy atom. The highest BCUT2D eigenvalue weighted by atomic mass is 127. The molecule has 0 aliphatic carbocycles. The van der Waals surface area contributed by atoms with Crippen LogP contribution in [-0.2, 0) is 0 Å². The van der Waals surface area contributed by atoms with Gasteiger partial charge in [-0.05, 0) is 110 Å². The molecule has 0 amide bonds. The zero-order valence-electron chi connectivity index (χ0n) is 16.3. The molecule has 1 aliphatic heterocycles. The Balaban J connectivity index is 2.01. The van der Waals surface area contributed by atoms with Crippen LogP contribution < -0.4 is 4.90 Å². The molecule has 0 spiro atoms.